The number of benzene rings is 1. The maximum absolute atomic E-state index is 12.6. The molecule has 8 heteroatoms. The summed E-state index contributed by atoms with van der Waals surface area (Å²) in [5.41, 5.74) is 3.87. The van der Waals surface area contributed by atoms with E-state index in [0.717, 1.165) is 17.0 Å². The van der Waals surface area contributed by atoms with E-state index in [1.165, 1.54) is 0 Å². The molecular formula is C21H26N4O4. The van der Waals surface area contributed by atoms with Gasteiger partial charge in [-0.25, -0.2) is 0 Å². The number of amides is 2. The van der Waals surface area contributed by atoms with Crippen molar-refractivity contribution >= 4 is 23.5 Å². The Labute approximate surface area is 169 Å². The van der Waals surface area contributed by atoms with Crippen LogP contribution in [0.3, 0.4) is 0 Å². The maximum atomic E-state index is 12.6. The van der Waals surface area contributed by atoms with Crippen LogP contribution in [-0.4, -0.2) is 50.7 Å². The van der Waals surface area contributed by atoms with Gasteiger partial charge in [0.05, 0.1) is 18.0 Å². The molecule has 0 atom stereocenters. The second-order valence-corrected chi connectivity index (χ2v) is 7.48. The van der Waals surface area contributed by atoms with E-state index < -0.39 is 5.97 Å². The van der Waals surface area contributed by atoms with Crippen molar-refractivity contribution in [1.29, 1.82) is 0 Å². The summed E-state index contributed by atoms with van der Waals surface area (Å²) in [6.07, 6.45) is 1.19. The van der Waals surface area contributed by atoms with Crippen LogP contribution in [0.4, 0.5) is 5.69 Å². The first kappa shape index (κ1) is 20.6. The number of rotatable bonds is 5. The quantitative estimate of drug-likeness (QED) is 0.803. The molecule has 1 aromatic carbocycles. The third-order valence-electron chi connectivity index (χ3n) is 5.54. The van der Waals surface area contributed by atoms with E-state index in [1.54, 1.807) is 33.8 Å². The van der Waals surface area contributed by atoms with Crippen LogP contribution in [-0.2, 0) is 23.1 Å². The average Bonchev–Trinajstić information content (AvgIpc) is 2.94. The van der Waals surface area contributed by atoms with Crippen molar-refractivity contribution in [2.45, 2.75) is 33.1 Å². The number of aromatic nitrogens is 2. The molecule has 29 heavy (non-hydrogen) atoms. The molecule has 2 aromatic rings. The van der Waals surface area contributed by atoms with E-state index in [2.05, 4.69) is 10.4 Å². The fraction of sp³-hybridized carbons (Fsp3) is 0.429. The number of carboxylic acid groups (broad SMARTS) is 1. The zero-order valence-corrected chi connectivity index (χ0v) is 16.9. The monoisotopic (exact) mass is 398 g/mol. The van der Waals surface area contributed by atoms with Crippen molar-refractivity contribution in [2.24, 2.45) is 13.0 Å². The van der Waals surface area contributed by atoms with Gasteiger partial charge in [-0.3, -0.25) is 19.1 Å². The normalized spacial score (nSPS) is 14.7. The number of piperidine rings is 1. The molecule has 0 aliphatic carbocycles. The standard InChI is InChI=1S/C21H26N4O4/c1-13-18(14(2)24(3)23-13)12-19(26)22-17-6-4-15(5-7-17)20(27)25-10-8-16(9-11-25)21(28)29/h4-7,16H,8-12H2,1-3H3,(H,22,26)(H,28,29). The number of anilines is 1. The number of aliphatic carboxylic acids is 1. The number of carbonyl (C=O) groups is 3. The van der Waals surface area contributed by atoms with Crippen LogP contribution in [0, 0.1) is 19.8 Å². The summed E-state index contributed by atoms with van der Waals surface area (Å²) in [5, 5.41) is 16.2. The SMILES string of the molecule is Cc1nn(C)c(C)c1CC(=O)Nc1ccc(C(=O)N2CCC(C(=O)O)CC2)cc1. The summed E-state index contributed by atoms with van der Waals surface area (Å²) in [6, 6.07) is 6.78. The summed E-state index contributed by atoms with van der Waals surface area (Å²) < 4.78 is 1.76. The van der Waals surface area contributed by atoms with Crippen LogP contribution in [0.15, 0.2) is 24.3 Å². The van der Waals surface area contributed by atoms with Crippen LogP contribution in [0.2, 0.25) is 0 Å². The van der Waals surface area contributed by atoms with Crippen molar-refractivity contribution in [3.63, 3.8) is 0 Å². The molecule has 154 valence electrons. The van der Waals surface area contributed by atoms with Crippen LogP contribution in [0.1, 0.15) is 40.2 Å². The van der Waals surface area contributed by atoms with Crippen LogP contribution in [0.25, 0.3) is 0 Å². The molecule has 1 aliphatic rings. The summed E-state index contributed by atoms with van der Waals surface area (Å²) in [7, 11) is 1.85. The Morgan fingerprint density at radius 1 is 1.14 bits per heavy atom. The maximum Gasteiger partial charge on any atom is 0.306 e. The minimum Gasteiger partial charge on any atom is -0.481 e. The van der Waals surface area contributed by atoms with E-state index in [-0.39, 0.29) is 24.2 Å². The molecule has 2 heterocycles. The zero-order valence-electron chi connectivity index (χ0n) is 16.9. The molecule has 1 fully saturated rings. The minimum atomic E-state index is -0.797. The number of nitrogens with zero attached hydrogens (tertiary/aromatic N) is 3. The molecule has 1 aliphatic heterocycles. The molecule has 0 unspecified atom stereocenters. The van der Waals surface area contributed by atoms with Crippen LogP contribution in [0.5, 0.6) is 0 Å². The predicted molar refractivity (Wildman–Crippen MR) is 108 cm³/mol. The summed E-state index contributed by atoms with van der Waals surface area (Å²) in [5.74, 6) is -1.43. The smallest absolute Gasteiger partial charge is 0.306 e. The van der Waals surface area contributed by atoms with Gasteiger partial charge in [-0.15, -0.1) is 0 Å². The predicted octanol–water partition coefficient (Wildman–Crippen LogP) is 2.15. The number of aryl methyl sites for hydroxylation is 2. The highest BCUT2D eigenvalue weighted by molar-refractivity contribution is 5.96. The van der Waals surface area contributed by atoms with Gasteiger partial charge in [-0.05, 0) is 51.0 Å². The first-order chi connectivity index (χ1) is 13.8. The van der Waals surface area contributed by atoms with Gasteiger partial charge in [0.1, 0.15) is 0 Å². The van der Waals surface area contributed by atoms with E-state index in [1.807, 2.05) is 20.9 Å². The number of nitrogens with one attached hydrogen (secondary N) is 1. The summed E-state index contributed by atoms with van der Waals surface area (Å²) in [6.45, 7) is 4.70. The highest BCUT2D eigenvalue weighted by atomic mass is 16.4. The summed E-state index contributed by atoms with van der Waals surface area (Å²) >= 11 is 0. The van der Waals surface area contributed by atoms with Crippen molar-refractivity contribution < 1.29 is 19.5 Å². The van der Waals surface area contributed by atoms with Gasteiger partial charge in [-0.2, -0.15) is 5.10 Å². The fourth-order valence-corrected chi connectivity index (χ4v) is 3.65. The van der Waals surface area contributed by atoms with Crippen LogP contribution >= 0.6 is 0 Å². The first-order valence-corrected chi connectivity index (χ1v) is 9.67. The van der Waals surface area contributed by atoms with E-state index >= 15 is 0 Å². The lowest BCUT2D eigenvalue weighted by atomic mass is 9.96. The lowest BCUT2D eigenvalue weighted by Gasteiger charge is -2.30. The molecule has 1 saturated heterocycles. The molecule has 8 nitrogen and oxygen atoms in total. The average molecular weight is 398 g/mol. The fourth-order valence-electron chi connectivity index (χ4n) is 3.65. The highest BCUT2D eigenvalue weighted by Crippen LogP contribution is 2.20. The number of carboxylic acids is 1. The van der Waals surface area contributed by atoms with Crippen molar-refractivity contribution in [3.8, 4) is 0 Å². The second kappa shape index (κ2) is 8.46. The van der Waals surface area contributed by atoms with Crippen molar-refractivity contribution in [1.82, 2.24) is 14.7 Å². The Balaban J connectivity index is 1.58. The number of carbonyl (C=O) groups excluding carboxylic acids is 2. The van der Waals surface area contributed by atoms with Gasteiger partial charge < -0.3 is 15.3 Å². The molecule has 0 radical (unpaired) electrons. The molecule has 0 spiro atoms. The Hall–Kier alpha value is -3.16. The second-order valence-electron chi connectivity index (χ2n) is 7.48. The number of hydrogen-bond acceptors (Lipinski definition) is 4. The Morgan fingerprint density at radius 3 is 2.28 bits per heavy atom. The zero-order chi connectivity index (χ0) is 21.1. The topological polar surface area (TPSA) is 105 Å². The van der Waals surface area contributed by atoms with Crippen LogP contribution < -0.4 is 5.32 Å². The highest BCUT2D eigenvalue weighted by Gasteiger charge is 2.27. The Morgan fingerprint density at radius 2 is 1.76 bits per heavy atom. The van der Waals surface area contributed by atoms with E-state index in [9.17, 15) is 14.4 Å². The van der Waals surface area contributed by atoms with Gasteiger partial charge in [-0.1, -0.05) is 0 Å². The lowest BCUT2D eigenvalue weighted by Crippen LogP contribution is -2.40. The molecule has 3 rings (SSSR count). The minimum absolute atomic E-state index is 0.117. The van der Waals surface area contributed by atoms with Gasteiger partial charge in [0.25, 0.3) is 5.91 Å². The third kappa shape index (κ3) is 4.64. The van der Waals surface area contributed by atoms with E-state index in [4.69, 9.17) is 5.11 Å². The van der Waals surface area contributed by atoms with Crippen molar-refractivity contribution in [3.05, 3.63) is 46.8 Å². The lowest BCUT2D eigenvalue weighted by molar-refractivity contribution is -0.143. The first-order valence-electron chi connectivity index (χ1n) is 9.67. The molecule has 0 bridgehead atoms. The largest absolute Gasteiger partial charge is 0.481 e. The van der Waals surface area contributed by atoms with Gasteiger partial charge in [0.2, 0.25) is 5.91 Å². The van der Waals surface area contributed by atoms with E-state index in [0.29, 0.717) is 37.2 Å². The Bertz CT molecular complexity index is 925. The molecular weight excluding hydrogens is 372 g/mol. The number of hydrogen-bond donors (Lipinski definition) is 2. The summed E-state index contributed by atoms with van der Waals surface area (Å²) in [4.78, 5) is 37.7. The molecule has 0 saturated carbocycles. The van der Waals surface area contributed by atoms with Gasteiger partial charge in [0.15, 0.2) is 0 Å². The van der Waals surface area contributed by atoms with Gasteiger partial charge >= 0.3 is 5.97 Å². The molecule has 1 aromatic heterocycles. The van der Waals surface area contributed by atoms with Crippen molar-refractivity contribution in [2.75, 3.05) is 18.4 Å². The number of likely N-dealkylation sites (tertiary alicyclic amines) is 1. The Kier molecular flexibility index (Phi) is 6.00. The third-order valence-corrected chi connectivity index (χ3v) is 5.54. The molecule has 2 N–H and O–H groups in total. The molecule has 2 amide bonds. The van der Waals surface area contributed by atoms with Gasteiger partial charge in [0, 0.05) is 42.6 Å².